The number of aryl methyl sites for hydroxylation is 1. The van der Waals surface area contributed by atoms with Gasteiger partial charge in [-0.05, 0) is 41.8 Å². The van der Waals surface area contributed by atoms with E-state index >= 15 is 0 Å². The van der Waals surface area contributed by atoms with Gasteiger partial charge in [0.05, 0.1) is 17.9 Å². The molecular weight excluding hydrogens is 394 g/mol. The van der Waals surface area contributed by atoms with Crippen LogP contribution in [0.3, 0.4) is 0 Å². The van der Waals surface area contributed by atoms with Crippen molar-refractivity contribution in [3.63, 3.8) is 0 Å². The number of nitrogens with one attached hydrogen (secondary N) is 1. The average Bonchev–Trinajstić information content (AvgIpc) is 2.46. The van der Waals surface area contributed by atoms with Gasteiger partial charge in [-0.1, -0.05) is 40.2 Å². The van der Waals surface area contributed by atoms with Crippen LogP contribution in [0.2, 0.25) is 0 Å². The lowest BCUT2D eigenvalue weighted by Gasteiger charge is -2.11. The summed E-state index contributed by atoms with van der Waals surface area (Å²) in [4.78, 5) is 12.2. The van der Waals surface area contributed by atoms with E-state index in [9.17, 15) is 13.2 Å². The highest BCUT2D eigenvalue weighted by atomic mass is 79.9. The first kappa shape index (κ1) is 18.6. The summed E-state index contributed by atoms with van der Waals surface area (Å²) >= 11 is 3.32. The highest BCUT2D eigenvalue weighted by molar-refractivity contribution is 9.10. The molecule has 0 bridgehead atoms. The summed E-state index contributed by atoms with van der Waals surface area (Å²) < 4.78 is 32.8. The molecule has 1 amide bonds. The Morgan fingerprint density at radius 1 is 1.17 bits per heavy atom. The molecule has 5 nitrogen and oxygen atoms in total. The minimum Gasteiger partial charge on any atom is -0.380 e. The van der Waals surface area contributed by atoms with Gasteiger partial charge in [0.2, 0.25) is 5.91 Å². The molecule has 0 fully saturated rings. The number of carbonyl (C=O) groups excluding carboxylic acids is 1. The maximum absolute atomic E-state index is 12.4. The Kier molecular flexibility index (Phi) is 6.15. The molecule has 128 valence electrons. The molecule has 0 heterocycles. The molecule has 2 aromatic rings. The van der Waals surface area contributed by atoms with E-state index in [1.54, 1.807) is 44.4 Å². The minimum absolute atomic E-state index is 0.0144. The zero-order valence-electron chi connectivity index (χ0n) is 13.4. The second-order valence-corrected chi connectivity index (χ2v) is 7.93. The molecule has 0 aliphatic rings. The van der Waals surface area contributed by atoms with Crippen LogP contribution >= 0.6 is 15.9 Å². The number of hydrogen-bond acceptors (Lipinski definition) is 4. The molecule has 0 saturated carbocycles. The summed E-state index contributed by atoms with van der Waals surface area (Å²) in [5.74, 6) is -0.575. The molecule has 0 radical (unpaired) electrons. The number of sulfonamides is 1. The van der Waals surface area contributed by atoms with Crippen molar-refractivity contribution in [1.82, 2.24) is 4.72 Å². The lowest BCUT2D eigenvalue weighted by molar-refractivity contribution is -0.118. The third-order valence-corrected chi connectivity index (χ3v) is 5.37. The van der Waals surface area contributed by atoms with E-state index in [1.807, 2.05) is 6.07 Å². The van der Waals surface area contributed by atoms with Crippen molar-refractivity contribution < 1.29 is 17.9 Å². The van der Waals surface area contributed by atoms with E-state index in [4.69, 9.17) is 4.74 Å². The van der Waals surface area contributed by atoms with E-state index < -0.39 is 15.9 Å². The number of methoxy groups -OCH3 is 1. The van der Waals surface area contributed by atoms with Gasteiger partial charge in [-0.25, -0.2) is 13.1 Å². The van der Waals surface area contributed by atoms with E-state index in [-0.39, 0.29) is 11.3 Å². The number of hydrogen-bond donors (Lipinski definition) is 1. The van der Waals surface area contributed by atoms with E-state index in [2.05, 4.69) is 20.7 Å². The molecule has 0 unspecified atom stereocenters. The van der Waals surface area contributed by atoms with Gasteiger partial charge >= 0.3 is 0 Å². The van der Waals surface area contributed by atoms with Gasteiger partial charge in [-0.15, -0.1) is 0 Å². The molecule has 0 aliphatic heterocycles. The van der Waals surface area contributed by atoms with Crippen molar-refractivity contribution in [2.45, 2.75) is 24.8 Å². The second-order valence-electron chi connectivity index (χ2n) is 5.37. The lowest BCUT2D eigenvalue weighted by Crippen LogP contribution is -2.32. The Morgan fingerprint density at radius 3 is 2.54 bits per heavy atom. The predicted molar refractivity (Wildman–Crippen MR) is 95.1 cm³/mol. The van der Waals surface area contributed by atoms with Gasteiger partial charge in [0.15, 0.2) is 0 Å². The van der Waals surface area contributed by atoms with E-state index in [1.165, 1.54) is 6.07 Å². The molecule has 0 spiro atoms. The number of carbonyl (C=O) groups is 1. The van der Waals surface area contributed by atoms with Crippen molar-refractivity contribution in [3.8, 4) is 0 Å². The van der Waals surface area contributed by atoms with Crippen molar-refractivity contribution in [3.05, 3.63) is 63.6 Å². The molecule has 0 saturated heterocycles. The van der Waals surface area contributed by atoms with Crippen molar-refractivity contribution in [1.29, 1.82) is 0 Å². The van der Waals surface area contributed by atoms with Gasteiger partial charge in [0.25, 0.3) is 10.0 Å². The first-order valence-electron chi connectivity index (χ1n) is 7.20. The molecular formula is C17H18BrNO4S. The zero-order chi connectivity index (χ0) is 17.7. The van der Waals surface area contributed by atoms with Crippen molar-refractivity contribution in [2.75, 3.05) is 7.11 Å². The van der Waals surface area contributed by atoms with Crippen LogP contribution in [0.5, 0.6) is 0 Å². The highest BCUT2D eigenvalue weighted by Gasteiger charge is 2.20. The molecule has 2 aromatic carbocycles. The highest BCUT2D eigenvalue weighted by Crippen LogP contribution is 2.18. The van der Waals surface area contributed by atoms with Crippen LogP contribution in [-0.4, -0.2) is 21.4 Å². The molecule has 1 N–H and O–H groups in total. The number of ether oxygens (including phenoxy) is 1. The summed E-state index contributed by atoms with van der Waals surface area (Å²) in [6, 6.07) is 12.1. The molecule has 0 atom stereocenters. The fraction of sp³-hybridized carbons (Fsp3) is 0.235. The largest absolute Gasteiger partial charge is 0.380 e. The van der Waals surface area contributed by atoms with E-state index in [0.717, 1.165) is 15.6 Å². The number of rotatable bonds is 6. The van der Waals surface area contributed by atoms with Crippen molar-refractivity contribution >= 4 is 31.9 Å². The minimum atomic E-state index is -3.90. The molecule has 7 heteroatoms. The fourth-order valence-electron chi connectivity index (χ4n) is 2.34. The molecule has 0 aliphatic carbocycles. The predicted octanol–water partition coefficient (Wildman–Crippen LogP) is 2.95. The van der Waals surface area contributed by atoms with Gasteiger partial charge in [0.1, 0.15) is 0 Å². The normalized spacial score (nSPS) is 11.3. The van der Waals surface area contributed by atoms with Crippen LogP contribution in [0.25, 0.3) is 0 Å². The summed E-state index contributed by atoms with van der Waals surface area (Å²) in [6.45, 7) is 2.09. The average molecular weight is 412 g/mol. The van der Waals surface area contributed by atoms with E-state index in [0.29, 0.717) is 12.2 Å². The van der Waals surface area contributed by atoms with Crippen LogP contribution in [0.15, 0.2) is 51.8 Å². The second kappa shape index (κ2) is 7.92. The molecule has 24 heavy (non-hydrogen) atoms. The lowest BCUT2D eigenvalue weighted by atomic mass is 10.1. The number of benzene rings is 2. The maximum atomic E-state index is 12.4. The van der Waals surface area contributed by atoms with Crippen LogP contribution in [0, 0.1) is 6.92 Å². The Hall–Kier alpha value is -1.70. The van der Waals surface area contributed by atoms with Crippen LogP contribution in [0.4, 0.5) is 0 Å². The first-order valence-corrected chi connectivity index (χ1v) is 9.48. The van der Waals surface area contributed by atoms with Gasteiger partial charge in [0, 0.05) is 11.6 Å². The quantitative estimate of drug-likeness (QED) is 0.792. The van der Waals surface area contributed by atoms with Gasteiger partial charge in [-0.2, -0.15) is 0 Å². The Morgan fingerprint density at radius 2 is 1.92 bits per heavy atom. The molecule has 0 aromatic heterocycles. The van der Waals surface area contributed by atoms with Crippen LogP contribution in [-0.2, 0) is 32.6 Å². The summed E-state index contributed by atoms with van der Waals surface area (Å²) in [6.07, 6.45) is -0.0144. The third-order valence-electron chi connectivity index (χ3n) is 3.34. The fourth-order valence-corrected chi connectivity index (χ4v) is 4.00. The van der Waals surface area contributed by atoms with Crippen LogP contribution < -0.4 is 4.72 Å². The third kappa shape index (κ3) is 4.90. The standard InChI is InChI=1S/C17H18BrNO4S/c1-12-8-14(11-23-2)6-7-16(12)24(21,22)19-17(20)10-13-4-3-5-15(18)9-13/h3-9H,10-11H2,1-2H3,(H,19,20). The number of amides is 1. The molecule has 2 rings (SSSR count). The Balaban J connectivity index is 2.14. The topological polar surface area (TPSA) is 72.5 Å². The smallest absolute Gasteiger partial charge is 0.264 e. The summed E-state index contributed by atoms with van der Waals surface area (Å²) in [5, 5.41) is 0. The first-order chi connectivity index (χ1) is 11.3. The summed E-state index contributed by atoms with van der Waals surface area (Å²) in [5.41, 5.74) is 2.16. The van der Waals surface area contributed by atoms with Crippen molar-refractivity contribution in [2.24, 2.45) is 0 Å². The SMILES string of the molecule is COCc1ccc(S(=O)(=O)NC(=O)Cc2cccc(Br)c2)c(C)c1. The van der Waals surface area contributed by atoms with Crippen LogP contribution in [0.1, 0.15) is 16.7 Å². The Labute approximate surface area is 150 Å². The Bertz CT molecular complexity index is 849. The maximum Gasteiger partial charge on any atom is 0.264 e. The van der Waals surface area contributed by atoms with Gasteiger partial charge < -0.3 is 4.74 Å². The monoisotopic (exact) mass is 411 g/mol. The summed E-state index contributed by atoms with van der Waals surface area (Å²) in [7, 11) is -2.33. The zero-order valence-corrected chi connectivity index (χ0v) is 15.8. The number of halogens is 1. The van der Waals surface area contributed by atoms with Gasteiger partial charge in [-0.3, -0.25) is 4.79 Å².